The molecule has 2 fully saturated rings. The number of ether oxygens (including phenoxy) is 4. The fraction of sp³-hybridized carbons (Fsp3) is 0.944. The Hall–Kier alpha value is -1.05. The van der Waals surface area contributed by atoms with E-state index in [9.17, 15) is 45.6 Å². The van der Waals surface area contributed by atoms with Crippen molar-refractivity contribution in [2.45, 2.75) is 86.4 Å². The monoisotopic (exact) mass is 486 g/mol. The molecular formula is C18H34N2O13. The lowest BCUT2D eigenvalue weighted by Crippen LogP contribution is -2.65. The summed E-state index contributed by atoms with van der Waals surface area (Å²) in [4.78, 5) is 12.4. The zero-order chi connectivity index (χ0) is 24.9. The number of carbonyl (C=O) groups is 1. The van der Waals surface area contributed by atoms with Crippen LogP contribution in [-0.2, 0) is 23.7 Å². The van der Waals surface area contributed by atoms with Crippen molar-refractivity contribution < 1.29 is 64.6 Å². The largest absolute Gasteiger partial charge is 0.432 e. The van der Waals surface area contributed by atoms with Gasteiger partial charge < -0.3 is 71.3 Å². The highest BCUT2D eigenvalue weighted by atomic mass is 16.8. The summed E-state index contributed by atoms with van der Waals surface area (Å²) in [5.74, 6) is -1.02. The Morgan fingerprint density at radius 3 is 1.94 bits per heavy atom. The Bertz CT molecular complexity index is 614. The first-order valence-electron chi connectivity index (χ1n) is 10.5. The molecule has 15 nitrogen and oxygen atoms in total. The summed E-state index contributed by atoms with van der Waals surface area (Å²) in [5.41, 5.74) is 11.0. The second kappa shape index (κ2) is 12.6. The minimum absolute atomic E-state index is 0.00321. The second-order valence-corrected chi connectivity index (χ2v) is 8.01. The van der Waals surface area contributed by atoms with Gasteiger partial charge in [0.25, 0.3) is 0 Å². The van der Waals surface area contributed by atoms with E-state index in [1.807, 2.05) is 0 Å². The molecule has 15 heteroatoms. The van der Waals surface area contributed by atoms with Gasteiger partial charge in [0.05, 0.1) is 19.3 Å². The van der Waals surface area contributed by atoms with Crippen LogP contribution in [0.4, 0.5) is 0 Å². The highest BCUT2D eigenvalue weighted by Crippen LogP contribution is 2.30. The van der Waals surface area contributed by atoms with Crippen molar-refractivity contribution in [2.24, 2.45) is 11.5 Å². The summed E-state index contributed by atoms with van der Waals surface area (Å²) in [7, 11) is 0. The summed E-state index contributed by atoms with van der Waals surface area (Å²) in [6.45, 7) is -1.54. The number of rotatable bonds is 10. The van der Waals surface area contributed by atoms with Crippen LogP contribution in [0.25, 0.3) is 0 Å². The molecule has 0 amide bonds. The molecule has 2 saturated heterocycles. The number of aliphatic hydroxyl groups excluding tert-OH is 8. The van der Waals surface area contributed by atoms with Crippen LogP contribution in [0.1, 0.15) is 12.8 Å². The Morgan fingerprint density at radius 2 is 1.39 bits per heavy atom. The average Bonchev–Trinajstić information content (AvgIpc) is 2.81. The number of esters is 1. The lowest BCUT2D eigenvalue weighted by Gasteiger charge is -2.45. The average molecular weight is 486 g/mol. The van der Waals surface area contributed by atoms with E-state index >= 15 is 0 Å². The van der Waals surface area contributed by atoms with Gasteiger partial charge in [-0.25, -0.2) is 0 Å². The number of carbonyl (C=O) groups excluding carboxylic acids is 1. The van der Waals surface area contributed by atoms with Gasteiger partial charge in [0, 0.05) is 6.54 Å². The summed E-state index contributed by atoms with van der Waals surface area (Å²) >= 11 is 0. The van der Waals surface area contributed by atoms with Crippen LogP contribution < -0.4 is 11.5 Å². The third-order valence-corrected chi connectivity index (χ3v) is 5.58. The van der Waals surface area contributed by atoms with E-state index in [1.165, 1.54) is 0 Å². The number of hydrogen-bond acceptors (Lipinski definition) is 15. The van der Waals surface area contributed by atoms with E-state index < -0.39 is 92.7 Å². The van der Waals surface area contributed by atoms with Crippen LogP contribution in [0.15, 0.2) is 0 Å². The first kappa shape index (κ1) is 28.2. The summed E-state index contributed by atoms with van der Waals surface area (Å²) in [5, 5.41) is 78.9. The van der Waals surface area contributed by atoms with Crippen LogP contribution in [0.5, 0.6) is 0 Å². The van der Waals surface area contributed by atoms with Gasteiger partial charge in [0.2, 0.25) is 6.29 Å². The van der Waals surface area contributed by atoms with Gasteiger partial charge in [0.1, 0.15) is 48.8 Å². The lowest BCUT2D eigenvalue weighted by molar-refractivity contribution is -0.362. The van der Waals surface area contributed by atoms with Crippen LogP contribution in [0, 0.1) is 0 Å². The molecule has 2 heterocycles. The highest BCUT2D eigenvalue weighted by molar-refractivity contribution is 5.75. The lowest BCUT2D eigenvalue weighted by atomic mass is 9.97. The molecule has 0 aliphatic carbocycles. The molecule has 0 saturated carbocycles. The fourth-order valence-corrected chi connectivity index (χ4v) is 3.44. The maximum atomic E-state index is 12.4. The maximum Gasteiger partial charge on any atom is 0.325 e. The van der Waals surface area contributed by atoms with E-state index in [2.05, 4.69) is 0 Å². The quantitative estimate of drug-likeness (QED) is 0.129. The van der Waals surface area contributed by atoms with Crippen molar-refractivity contribution in [3.8, 4) is 0 Å². The molecule has 0 bridgehead atoms. The Kier molecular flexibility index (Phi) is 10.8. The van der Waals surface area contributed by atoms with Crippen molar-refractivity contribution >= 4 is 5.97 Å². The molecule has 2 rings (SSSR count). The summed E-state index contributed by atoms with van der Waals surface area (Å²) < 4.78 is 21.1. The topological polar surface area (TPSA) is 268 Å². The van der Waals surface area contributed by atoms with Crippen molar-refractivity contribution in [3.63, 3.8) is 0 Å². The van der Waals surface area contributed by atoms with Crippen molar-refractivity contribution in [2.75, 3.05) is 19.8 Å². The zero-order valence-electron chi connectivity index (χ0n) is 17.7. The van der Waals surface area contributed by atoms with E-state index in [4.69, 9.17) is 30.4 Å². The Morgan fingerprint density at radius 1 is 0.848 bits per heavy atom. The number of aliphatic hydroxyl groups is 8. The van der Waals surface area contributed by atoms with Gasteiger partial charge in [-0.15, -0.1) is 0 Å². The van der Waals surface area contributed by atoms with Crippen LogP contribution >= 0.6 is 0 Å². The predicted molar refractivity (Wildman–Crippen MR) is 105 cm³/mol. The molecule has 0 spiro atoms. The molecule has 12 atom stereocenters. The van der Waals surface area contributed by atoms with Gasteiger partial charge in [-0.05, 0) is 12.8 Å². The smallest absolute Gasteiger partial charge is 0.325 e. The highest BCUT2D eigenvalue weighted by Gasteiger charge is 2.51. The van der Waals surface area contributed by atoms with Crippen LogP contribution in [0.3, 0.4) is 0 Å². The van der Waals surface area contributed by atoms with Crippen molar-refractivity contribution in [1.82, 2.24) is 0 Å². The third-order valence-electron chi connectivity index (χ3n) is 5.58. The molecule has 0 aromatic carbocycles. The zero-order valence-corrected chi connectivity index (χ0v) is 17.7. The maximum absolute atomic E-state index is 12.4. The Balaban J connectivity index is 2.15. The molecule has 2 aliphatic heterocycles. The minimum atomic E-state index is -1.85. The SMILES string of the molecule is NC[C@H](O)CC[C@H](N)C(=O)O[C@@H]1O[C@H](CO)[C@H](O)[C@H](O)[C@H]1O[C@H]1O[C@H](CO)[C@@H](O)[C@H](O)[C@H]1O. The van der Waals surface area contributed by atoms with E-state index in [-0.39, 0.29) is 19.4 Å². The second-order valence-electron chi connectivity index (χ2n) is 8.01. The molecule has 0 radical (unpaired) electrons. The number of nitrogens with two attached hydrogens (primary N) is 2. The molecule has 33 heavy (non-hydrogen) atoms. The first-order chi connectivity index (χ1) is 15.5. The van der Waals surface area contributed by atoms with Gasteiger partial charge in [-0.3, -0.25) is 4.79 Å². The number of hydrogen-bond donors (Lipinski definition) is 10. The molecular weight excluding hydrogens is 452 g/mol. The minimum Gasteiger partial charge on any atom is -0.432 e. The molecule has 0 aromatic rings. The van der Waals surface area contributed by atoms with Crippen molar-refractivity contribution in [1.29, 1.82) is 0 Å². The predicted octanol–water partition coefficient (Wildman–Crippen LogP) is -6.42. The van der Waals surface area contributed by atoms with Gasteiger partial charge in [-0.2, -0.15) is 0 Å². The van der Waals surface area contributed by atoms with E-state index in [0.717, 1.165) is 0 Å². The first-order valence-corrected chi connectivity index (χ1v) is 10.5. The molecule has 0 unspecified atom stereocenters. The summed E-state index contributed by atoms with van der Waals surface area (Å²) in [6.07, 6.45) is -17.5. The molecule has 194 valence electrons. The third kappa shape index (κ3) is 6.76. The normalized spacial score (nSPS) is 41.4. The molecule has 0 aromatic heterocycles. The van der Waals surface area contributed by atoms with Crippen molar-refractivity contribution in [3.05, 3.63) is 0 Å². The Labute approximate surface area is 189 Å². The van der Waals surface area contributed by atoms with Gasteiger partial charge >= 0.3 is 5.97 Å². The standard InChI is InChI=1S/C18H34N2O13/c19-3-6(23)1-2-7(20)16(29)33-18-15(13(27)11(25)9(5-22)31-18)32-17-14(28)12(26)10(24)8(4-21)30-17/h6-15,17-18,21-28H,1-5,19-20H2/t6-,7+,8-,9-,10-,11+,12+,13+,14-,15-,17-,18+/m1/s1. The molecule has 2 aliphatic rings. The molecule has 12 N–H and O–H groups in total. The van der Waals surface area contributed by atoms with Gasteiger partial charge in [0.15, 0.2) is 12.4 Å². The summed E-state index contributed by atoms with van der Waals surface area (Å²) in [6, 6.07) is -1.22. The van der Waals surface area contributed by atoms with E-state index in [1.54, 1.807) is 0 Å². The van der Waals surface area contributed by atoms with Crippen LogP contribution in [-0.4, -0.2) is 140 Å². The van der Waals surface area contributed by atoms with Gasteiger partial charge in [-0.1, -0.05) is 0 Å². The fourth-order valence-electron chi connectivity index (χ4n) is 3.44. The van der Waals surface area contributed by atoms with E-state index in [0.29, 0.717) is 0 Å². The van der Waals surface area contributed by atoms with Crippen LogP contribution in [0.2, 0.25) is 0 Å².